The lowest BCUT2D eigenvalue weighted by atomic mass is 10.1. The Morgan fingerprint density at radius 3 is 2.86 bits per heavy atom. The van der Waals surface area contributed by atoms with Crippen molar-refractivity contribution >= 4 is 41.1 Å². The first-order chi connectivity index (χ1) is 13.5. The second-order valence-electron chi connectivity index (χ2n) is 5.55. The van der Waals surface area contributed by atoms with Crippen molar-refractivity contribution in [1.29, 1.82) is 0 Å². The lowest BCUT2D eigenvalue weighted by molar-refractivity contribution is -0.118. The van der Waals surface area contributed by atoms with Crippen LogP contribution >= 0.6 is 12.4 Å². The van der Waals surface area contributed by atoms with Crippen molar-refractivity contribution in [3.8, 4) is 5.75 Å². The van der Waals surface area contributed by atoms with Crippen LogP contribution in [0.2, 0.25) is 0 Å². The molecule has 0 unspecified atom stereocenters. The highest BCUT2D eigenvalue weighted by molar-refractivity contribution is 5.95. The van der Waals surface area contributed by atoms with Gasteiger partial charge in [-0.15, -0.1) is 12.4 Å². The van der Waals surface area contributed by atoms with E-state index in [1.54, 1.807) is 6.92 Å². The molecule has 2 aromatic heterocycles. The fraction of sp³-hybridized carbons (Fsp3) is 0.235. The summed E-state index contributed by atoms with van der Waals surface area (Å²) in [7, 11) is 0. The van der Waals surface area contributed by atoms with Gasteiger partial charge in [-0.2, -0.15) is 4.98 Å². The molecule has 3 heterocycles. The minimum Gasteiger partial charge on any atom is -0.482 e. The van der Waals surface area contributed by atoms with Gasteiger partial charge in [0.25, 0.3) is 17.2 Å². The Morgan fingerprint density at radius 2 is 2.14 bits per heavy atom. The molecule has 12 heteroatoms. The number of aromatic amines is 1. The number of ether oxygens (including phenoxy) is 2. The predicted molar refractivity (Wildman–Crippen MR) is 104 cm³/mol. The number of hydrogen-bond donors (Lipinski definition) is 3. The molecule has 0 aliphatic carbocycles. The third-order valence-electron chi connectivity index (χ3n) is 3.62. The number of benzene rings is 1. The van der Waals surface area contributed by atoms with E-state index in [9.17, 15) is 14.4 Å². The van der Waals surface area contributed by atoms with Crippen molar-refractivity contribution in [2.45, 2.75) is 13.5 Å². The van der Waals surface area contributed by atoms with Crippen LogP contribution < -0.4 is 21.3 Å². The number of nitrogens with one attached hydrogen (secondary N) is 2. The summed E-state index contributed by atoms with van der Waals surface area (Å²) in [5, 5.41) is 6.31. The van der Waals surface area contributed by atoms with Gasteiger partial charge in [0.2, 0.25) is 5.82 Å². The minimum atomic E-state index is -0.701. The quantitative estimate of drug-likeness (QED) is 0.521. The lowest BCUT2D eigenvalue weighted by Gasteiger charge is -2.18. The summed E-state index contributed by atoms with van der Waals surface area (Å²) in [6.45, 7) is 2.41. The molecule has 0 saturated heterocycles. The van der Waals surface area contributed by atoms with Gasteiger partial charge in [0, 0.05) is 6.54 Å². The van der Waals surface area contributed by atoms with Crippen LogP contribution in [0.3, 0.4) is 0 Å². The van der Waals surface area contributed by atoms with Crippen molar-refractivity contribution < 1.29 is 23.6 Å². The monoisotopic (exact) mass is 423 g/mol. The van der Waals surface area contributed by atoms with Crippen LogP contribution in [0.15, 0.2) is 33.7 Å². The second kappa shape index (κ2) is 9.66. The molecule has 0 radical (unpaired) electrons. The minimum absolute atomic E-state index is 0. The Hall–Kier alpha value is -3.44. The SMILES string of the molecule is CCOC(=O)c1nc2oncc2c(=O)[nH]1.Cl.NCc1ccc2c(c1)NC(=O)CO2. The molecular formula is C17H18ClN5O6. The van der Waals surface area contributed by atoms with E-state index in [2.05, 4.69) is 29.7 Å². The van der Waals surface area contributed by atoms with Crippen molar-refractivity contribution in [2.24, 2.45) is 5.73 Å². The van der Waals surface area contributed by atoms with Crippen molar-refractivity contribution in [1.82, 2.24) is 15.1 Å². The standard InChI is InChI=1S/C9H10N2O2.C8H7N3O4.ClH/c10-4-6-1-2-8-7(3-6)11-9(12)5-13-8;1-2-14-8(13)5-10-6(12)4-3-9-15-7(4)11-5;/h1-3H,4-5,10H2,(H,11,12);3H,2H2,1H3,(H,10,11,12);1H. The van der Waals surface area contributed by atoms with Crippen LogP contribution in [0.25, 0.3) is 11.1 Å². The number of anilines is 1. The smallest absolute Gasteiger partial charge is 0.374 e. The normalized spacial score (nSPS) is 11.9. The molecule has 0 atom stereocenters. The van der Waals surface area contributed by atoms with Crippen molar-refractivity contribution in [2.75, 3.05) is 18.5 Å². The zero-order valence-corrected chi connectivity index (χ0v) is 16.1. The fourth-order valence-corrected chi connectivity index (χ4v) is 2.33. The Bertz CT molecular complexity index is 1080. The number of amides is 1. The van der Waals surface area contributed by atoms with Crippen LogP contribution in [0, 0.1) is 0 Å². The molecule has 4 N–H and O–H groups in total. The van der Waals surface area contributed by atoms with E-state index in [-0.39, 0.29) is 48.5 Å². The molecule has 11 nitrogen and oxygen atoms in total. The molecule has 0 saturated carbocycles. The number of nitrogens with two attached hydrogens (primary N) is 1. The van der Waals surface area contributed by atoms with E-state index in [1.807, 2.05) is 18.2 Å². The highest BCUT2D eigenvalue weighted by atomic mass is 35.5. The summed E-state index contributed by atoms with van der Waals surface area (Å²) in [5.74, 6) is -0.308. The molecule has 1 aliphatic heterocycles. The summed E-state index contributed by atoms with van der Waals surface area (Å²) in [5.41, 5.74) is 6.68. The second-order valence-corrected chi connectivity index (χ2v) is 5.55. The molecule has 29 heavy (non-hydrogen) atoms. The number of fused-ring (bicyclic) bond motifs is 2. The Labute approximate surface area is 170 Å². The number of hydrogen-bond acceptors (Lipinski definition) is 9. The highest BCUT2D eigenvalue weighted by Crippen LogP contribution is 2.28. The zero-order chi connectivity index (χ0) is 20.1. The van der Waals surface area contributed by atoms with E-state index >= 15 is 0 Å². The first-order valence-electron chi connectivity index (χ1n) is 8.29. The first kappa shape index (κ1) is 21.9. The molecule has 3 aromatic rings. The van der Waals surface area contributed by atoms with Crippen molar-refractivity contribution in [3.05, 3.63) is 46.1 Å². The van der Waals surface area contributed by atoms with Gasteiger partial charge in [0.1, 0.15) is 11.1 Å². The van der Waals surface area contributed by atoms with E-state index in [0.717, 1.165) is 5.56 Å². The Kier molecular flexibility index (Phi) is 7.28. The lowest BCUT2D eigenvalue weighted by Crippen LogP contribution is -2.25. The molecule has 1 amide bonds. The summed E-state index contributed by atoms with van der Waals surface area (Å²) in [4.78, 5) is 39.6. The van der Waals surface area contributed by atoms with E-state index in [4.69, 9.17) is 10.5 Å². The van der Waals surface area contributed by atoms with Gasteiger partial charge in [-0.05, 0) is 24.6 Å². The molecule has 0 spiro atoms. The summed E-state index contributed by atoms with van der Waals surface area (Å²) >= 11 is 0. The maximum absolute atomic E-state index is 11.4. The predicted octanol–water partition coefficient (Wildman–Crippen LogP) is 0.986. The average molecular weight is 424 g/mol. The Morgan fingerprint density at radius 1 is 1.34 bits per heavy atom. The number of halogens is 1. The molecule has 1 aliphatic rings. The molecule has 0 bridgehead atoms. The van der Waals surface area contributed by atoms with Gasteiger partial charge in [-0.25, -0.2) is 4.79 Å². The fourth-order valence-electron chi connectivity index (χ4n) is 2.33. The Balaban J connectivity index is 0.000000202. The zero-order valence-electron chi connectivity index (χ0n) is 15.3. The number of rotatable bonds is 3. The number of nitrogens with zero attached hydrogens (tertiary/aromatic N) is 2. The first-order valence-corrected chi connectivity index (χ1v) is 8.29. The molecule has 0 fully saturated rings. The van der Waals surface area contributed by atoms with Gasteiger partial charge < -0.3 is 30.0 Å². The summed E-state index contributed by atoms with van der Waals surface area (Å²) < 4.78 is 14.5. The third-order valence-corrected chi connectivity index (χ3v) is 3.62. The van der Waals surface area contributed by atoms with Gasteiger partial charge in [-0.1, -0.05) is 11.2 Å². The van der Waals surface area contributed by atoms with E-state index in [1.165, 1.54) is 6.20 Å². The summed E-state index contributed by atoms with van der Waals surface area (Å²) in [6, 6.07) is 5.53. The van der Waals surface area contributed by atoms with Crippen molar-refractivity contribution in [3.63, 3.8) is 0 Å². The number of esters is 1. The number of H-pyrrole nitrogens is 1. The number of carbonyl (C=O) groups excluding carboxylic acids is 2. The van der Waals surface area contributed by atoms with Crippen LogP contribution in [0.4, 0.5) is 5.69 Å². The third kappa shape index (κ3) is 5.09. The van der Waals surface area contributed by atoms with Gasteiger partial charge in [0.15, 0.2) is 6.61 Å². The van der Waals surface area contributed by atoms with E-state index < -0.39 is 11.5 Å². The number of aromatic nitrogens is 3. The van der Waals surface area contributed by atoms with Gasteiger partial charge >= 0.3 is 5.97 Å². The largest absolute Gasteiger partial charge is 0.482 e. The average Bonchev–Trinajstić information content (AvgIpc) is 3.17. The van der Waals surface area contributed by atoms with Gasteiger partial charge in [-0.3, -0.25) is 9.59 Å². The van der Waals surface area contributed by atoms with Crippen LogP contribution in [0.1, 0.15) is 23.1 Å². The topological polar surface area (TPSA) is 162 Å². The van der Waals surface area contributed by atoms with E-state index in [0.29, 0.717) is 18.0 Å². The molecular weight excluding hydrogens is 406 g/mol. The summed E-state index contributed by atoms with van der Waals surface area (Å²) in [6.07, 6.45) is 1.23. The highest BCUT2D eigenvalue weighted by Gasteiger charge is 2.15. The number of carbonyl (C=O) groups is 2. The van der Waals surface area contributed by atoms with Gasteiger partial charge in [0.05, 0.1) is 18.5 Å². The molecule has 4 rings (SSSR count). The van der Waals surface area contributed by atoms with Crippen LogP contribution in [-0.2, 0) is 16.1 Å². The molecule has 1 aromatic carbocycles. The maximum atomic E-state index is 11.4. The molecule has 154 valence electrons. The van der Waals surface area contributed by atoms with Crippen LogP contribution in [0.5, 0.6) is 5.75 Å². The van der Waals surface area contributed by atoms with Crippen LogP contribution in [-0.4, -0.2) is 40.2 Å². The maximum Gasteiger partial charge on any atom is 0.374 e.